The number of rotatable bonds is 8. The summed E-state index contributed by atoms with van der Waals surface area (Å²) in [5, 5.41) is 17.7. The minimum Gasteiger partial charge on any atom is -0.369 e. The van der Waals surface area contributed by atoms with Crippen molar-refractivity contribution in [1.82, 2.24) is 30.1 Å². The fourth-order valence-corrected chi connectivity index (χ4v) is 5.76. The third-order valence-corrected chi connectivity index (χ3v) is 8.48. The van der Waals surface area contributed by atoms with Gasteiger partial charge in [-0.05, 0) is 64.9 Å². The molecular formula is C33H28F4N8O. The summed E-state index contributed by atoms with van der Waals surface area (Å²) in [6, 6.07) is 22.2. The highest BCUT2D eigenvalue weighted by molar-refractivity contribution is 5.63. The Morgan fingerprint density at radius 3 is 2.20 bits per heavy atom. The summed E-state index contributed by atoms with van der Waals surface area (Å²) >= 11 is 0. The number of anilines is 1. The Bertz CT molecular complexity index is 1930. The van der Waals surface area contributed by atoms with Crippen LogP contribution < -0.4 is 10.6 Å². The smallest absolute Gasteiger partial charge is 0.362 e. The van der Waals surface area contributed by atoms with Crippen molar-refractivity contribution in [3.63, 3.8) is 0 Å². The summed E-state index contributed by atoms with van der Waals surface area (Å²) in [4.78, 5) is 21.1. The van der Waals surface area contributed by atoms with Gasteiger partial charge in [0.25, 0.3) is 0 Å². The summed E-state index contributed by atoms with van der Waals surface area (Å²) in [5.41, 5.74) is -1.07. The zero-order chi connectivity index (χ0) is 32.5. The first-order chi connectivity index (χ1) is 22.1. The average molecular weight is 629 g/mol. The van der Waals surface area contributed by atoms with Gasteiger partial charge in [0, 0.05) is 61.8 Å². The van der Waals surface area contributed by atoms with Gasteiger partial charge in [-0.3, -0.25) is 9.88 Å². The molecule has 1 atom stereocenters. The van der Waals surface area contributed by atoms with Crippen LogP contribution in [-0.4, -0.2) is 56.3 Å². The van der Waals surface area contributed by atoms with E-state index in [9.17, 15) is 13.6 Å². The summed E-state index contributed by atoms with van der Waals surface area (Å²) in [6.45, 7) is 5.17. The Hall–Kier alpha value is -5.35. The Labute approximate surface area is 261 Å². The summed E-state index contributed by atoms with van der Waals surface area (Å²) in [7, 11) is 0. The van der Waals surface area contributed by atoms with E-state index < -0.39 is 40.0 Å². The first kappa shape index (κ1) is 30.7. The number of halogens is 4. The normalized spacial score (nSPS) is 15.3. The molecule has 0 amide bonds. The highest BCUT2D eigenvalue weighted by Gasteiger charge is 2.58. The number of pyridine rings is 1. The number of piperazine rings is 1. The Balaban J connectivity index is 1.16. The van der Waals surface area contributed by atoms with E-state index in [4.69, 9.17) is 5.26 Å². The van der Waals surface area contributed by atoms with Gasteiger partial charge in [0.1, 0.15) is 17.3 Å². The van der Waals surface area contributed by atoms with Crippen molar-refractivity contribution < 1.29 is 17.6 Å². The maximum atomic E-state index is 16.3. The third kappa shape index (κ3) is 5.63. The molecule has 1 fully saturated rings. The number of hydrogen-bond donors (Lipinski definition) is 1. The number of tetrazole rings is 1. The molecule has 0 saturated carbocycles. The fraction of sp³-hybridized carbons (Fsp3) is 0.242. The van der Waals surface area contributed by atoms with E-state index in [-0.39, 0.29) is 0 Å². The molecule has 1 aliphatic heterocycles. The van der Waals surface area contributed by atoms with Gasteiger partial charge in [0.2, 0.25) is 0 Å². The summed E-state index contributed by atoms with van der Waals surface area (Å²) in [6.07, 6.45) is 1.29. The van der Waals surface area contributed by atoms with Gasteiger partial charge in [-0.1, -0.05) is 36.4 Å². The molecule has 1 aliphatic rings. The molecule has 2 aromatic heterocycles. The van der Waals surface area contributed by atoms with Crippen LogP contribution in [0.4, 0.5) is 23.2 Å². The maximum Gasteiger partial charge on any atom is 0.362 e. The molecule has 0 radical (unpaired) electrons. The van der Waals surface area contributed by atoms with Crippen molar-refractivity contribution in [2.75, 3.05) is 31.1 Å². The second-order valence-corrected chi connectivity index (χ2v) is 11.2. The summed E-state index contributed by atoms with van der Waals surface area (Å²) < 4.78 is 61.5. The number of hydrogen-bond acceptors (Lipinski definition) is 7. The van der Waals surface area contributed by atoms with Crippen LogP contribution >= 0.6 is 0 Å². The number of aromatic nitrogens is 5. The van der Waals surface area contributed by atoms with E-state index in [1.165, 1.54) is 12.3 Å². The number of nitrogens with zero attached hydrogens (tertiary/aromatic N) is 7. The van der Waals surface area contributed by atoms with Crippen LogP contribution in [0.5, 0.6) is 0 Å². The predicted molar refractivity (Wildman–Crippen MR) is 162 cm³/mol. The molecule has 6 rings (SSSR count). The highest BCUT2D eigenvalue weighted by atomic mass is 19.3. The lowest BCUT2D eigenvalue weighted by Gasteiger charge is -2.36. The van der Waals surface area contributed by atoms with E-state index in [2.05, 4.69) is 31.3 Å². The van der Waals surface area contributed by atoms with E-state index in [0.717, 1.165) is 74.7 Å². The molecule has 0 aliphatic carbocycles. The number of nitriles is 1. The molecular weight excluding hydrogens is 600 g/mol. The van der Waals surface area contributed by atoms with Crippen LogP contribution in [0, 0.1) is 23.0 Å². The number of alkyl halides is 2. The molecule has 5 aromatic rings. The largest absolute Gasteiger partial charge is 0.369 e. The number of aromatic amines is 1. The van der Waals surface area contributed by atoms with Gasteiger partial charge in [0.15, 0.2) is 5.54 Å². The monoisotopic (exact) mass is 628 g/mol. The molecule has 0 bridgehead atoms. The van der Waals surface area contributed by atoms with E-state index in [0.29, 0.717) is 21.9 Å². The molecule has 9 nitrogen and oxygen atoms in total. The quantitative estimate of drug-likeness (QED) is 0.240. The van der Waals surface area contributed by atoms with Crippen LogP contribution in [0.1, 0.15) is 29.3 Å². The van der Waals surface area contributed by atoms with Crippen molar-refractivity contribution >= 4 is 5.69 Å². The lowest BCUT2D eigenvalue weighted by molar-refractivity contribution is -0.104. The van der Waals surface area contributed by atoms with Crippen LogP contribution in [0.25, 0.3) is 11.1 Å². The third-order valence-electron chi connectivity index (χ3n) is 8.48. The number of benzene rings is 3. The van der Waals surface area contributed by atoms with Crippen molar-refractivity contribution in [2.24, 2.45) is 0 Å². The van der Waals surface area contributed by atoms with Crippen molar-refractivity contribution in [3.05, 3.63) is 130 Å². The molecule has 3 heterocycles. The van der Waals surface area contributed by atoms with Gasteiger partial charge in [0.05, 0.1) is 11.6 Å². The molecule has 3 aromatic carbocycles. The second kappa shape index (κ2) is 12.2. The van der Waals surface area contributed by atoms with Crippen molar-refractivity contribution in [3.8, 4) is 17.2 Å². The van der Waals surface area contributed by atoms with Crippen LogP contribution in [0.15, 0.2) is 89.9 Å². The molecule has 1 saturated heterocycles. The molecule has 234 valence electrons. The standard InChI is InChI=1S/C33H28F4N8O/c1-32(45-31(46)40-41-42-45,28-12-9-26(34)18-29(28)35)33(36,37)30-13-8-25(20-39-30)24-6-2-23(3-7-24)21-43-14-16-44(17-15-43)27-10-4-22(19-38)5-11-27/h2-13,18,20H,14-17,21H2,1H3,(H,40,42,46)/t32-/m1/s1. The van der Waals surface area contributed by atoms with Gasteiger partial charge in [-0.25, -0.2) is 18.7 Å². The molecule has 0 unspecified atom stereocenters. The zero-order valence-electron chi connectivity index (χ0n) is 24.7. The van der Waals surface area contributed by atoms with E-state index in [1.807, 2.05) is 53.6 Å². The molecule has 46 heavy (non-hydrogen) atoms. The van der Waals surface area contributed by atoms with Crippen LogP contribution in [0.3, 0.4) is 0 Å². The van der Waals surface area contributed by atoms with Crippen molar-refractivity contribution in [1.29, 1.82) is 5.26 Å². The van der Waals surface area contributed by atoms with E-state index >= 15 is 8.78 Å². The Kier molecular flexibility index (Phi) is 8.14. The lowest BCUT2D eigenvalue weighted by Crippen LogP contribution is -2.52. The Morgan fingerprint density at radius 1 is 0.913 bits per heavy atom. The Morgan fingerprint density at radius 2 is 1.61 bits per heavy atom. The summed E-state index contributed by atoms with van der Waals surface area (Å²) in [5.74, 6) is -6.23. The van der Waals surface area contributed by atoms with Crippen LogP contribution in [-0.2, 0) is 18.0 Å². The zero-order valence-corrected chi connectivity index (χ0v) is 24.7. The highest BCUT2D eigenvalue weighted by Crippen LogP contribution is 2.47. The van der Waals surface area contributed by atoms with Gasteiger partial charge >= 0.3 is 11.6 Å². The molecule has 13 heteroatoms. The second-order valence-electron chi connectivity index (χ2n) is 11.2. The van der Waals surface area contributed by atoms with Gasteiger partial charge in [-0.15, -0.1) is 0 Å². The molecule has 1 N–H and O–H groups in total. The van der Waals surface area contributed by atoms with Gasteiger partial charge in [-0.2, -0.15) is 18.7 Å². The first-order valence-electron chi connectivity index (χ1n) is 14.5. The maximum absolute atomic E-state index is 16.3. The topological polar surface area (TPSA) is 107 Å². The van der Waals surface area contributed by atoms with Gasteiger partial charge < -0.3 is 4.90 Å². The van der Waals surface area contributed by atoms with E-state index in [1.54, 1.807) is 0 Å². The van der Waals surface area contributed by atoms with Crippen LogP contribution in [0.2, 0.25) is 0 Å². The minimum atomic E-state index is -3.99. The minimum absolute atomic E-state index is 0.338. The number of H-pyrrole nitrogens is 1. The first-order valence-corrected chi connectivity index (χ1v) is 14.5. The number of nitrogens with one attached hydrogen (secondary N) is 1. The predicted octanol–water partition coefficient (Wildman–Crippen LogP) is 5.06. The average Bonchev–Trinajstić information content (AvgIpc) is 3.51. The molecule has 0 spiro atoms. The van der Waals surface area contributed by atoms with Crippen molar-refractivity contribution in [2.45, 2.75) is 24.9 Å². The lowest BCUT2D eigenvalue weighted by atomic mass is 9.83. The fourth-order valence-electron chi connectivity index (χ4n) is 5.76. The SMILES string of the molecule is C[C@](c1ccc(F)cc1F)(n1nn[nH]c1=O)C(F)(F)c1ccc(-c2ccc(CN3CCN(c4ccc(C#N)cc4)CC3)cc2)cn1.